The first-order valence-corrected chi connectivity index (χ1v) is 10.8. The Bertz CT molecular complexity index is 1370. The van der Waals surface area contributed by atoms with Gasteiger partial charge in [0.2, 0.25) is 4.80 Å². The Morgan fingerprint density at radius 3 is 2.59 bits per heavy atom. The van der Waals surface area contributed by atoms with Crippen molar-refractivity contribution in [3.05, 3.63) is 104 Å². The van der Waals surface area contributed by atoms with Gasteiger partial charge in [-0.1, -0.05) is 18.2 Å². The van der Waals surface area contributed by atoms with Crippen LogP contribution >= 0.6 is 11.3 Å². The van der Waals surface area contributed by atoms with E-state index in [9.17, 15) is 10.1 Å². The summed E-state index contributed by atoms with van der Waals surface area (Å²) in [5, 5.41) is 17.9. The molecule has 4 aromatic rings. The molecule has 0 saturated carbocycles. The van der Waals surface area contributed by atoms with Gasteiger partial charge in [0.1, 0.15) is 0 Å². The average Bonchev–Trinajstić information content (AvgIpc) is 3.19. The molecule has 0 N–H and O–H groups in total. The molecule has 4 rings (SSSR count). The zero-order valence-electron chi connectivity index (χ0n) is 17.9. The van der Waals surface area contributed by atoms with Crippen LogP contribution in [0, 0.1) is 24.0 Å². The molecule has 2 aromatic heterocycles. The normalized spacial score (nSPS) is 12.2. The van der Waals surface area contributed by atoms with E-state index in [-0.39, 0.29) is 5.69 Å². The van der Waals surface area contributed by atoms with E-state index in [4.69, 9.17) is 10.1 Å². The van der Waals surface area contributed by atoms with Crippen molar-refractivity contribution in [3.63, 3.8) is 0 Å². The molecule has 0 unspecified atom stereocenters. The fourth-order valence-corrected chi connectivity index (χ4v) is 4.00. The summed E-state index contributed by atoms with van der Waals surface area (Å²) in [5.41, 5.74) is 6.43. The molecule has 0 aliphatic heterocycles. The van der Waals surface area contributed by atoms with Gasteiger partial charge < -0.3 is 0 Å². The zero-order valence-corrected chi connectivity index (χ0v) is 18.7. The lowest BCUT2D eigenvalue weighted by atomic mass is 10.1. The molecule has 0 spiro atoms. The fraction of sp³-hybridized carbons (Fsp3) is 0.125. The van der Waals surface area contributed by atoms with E-state index in [0.29, 0.717) is 4.80 Å². The molecule has 7 nitrogen and oxygen atoms in total. The molecule has 0 amide bonds. The highest BCUT2D eigenvalue weighted by Gasteiger charge is 2.12. The molecule has 0 fully saturated rings. The second-order valence-electron chi connectivity index (χ2n) is 7.35. The minimum absolute atomic E-state index is 0.0471. The fourth-order valence-electron chi connectivity index (χ4n) is 3.15. The number of nitrogens with zero attached hydrogens (tertiary/aromatic N) is 5. The maximum absolute atomic E-state index is 11.0. The smallest absolute Gasteiger partial charge is 0.264 e. The molecular weight excluding hydrogens is 422 g/mol. The maximum atomic E-state index is 11.0. The van der Waals surface area contributed by atoms with Gasteiger partial charge in [-0.15, -0.1) is 11.3 Å². The molecule has 0 aliphatic rings. The predicted molar refractivity (Wildman–Crippen MR) is 127 cm³/mol. The monoisotopic (exact) mass is 443 g/mol. The van der Waals surface area contributed by atoms with Crippen molar-refractivity contribution in [3.8, 4) is 11.3 Å². The zero-order chi connectivity index (χ0) is 22.7. The van der Waals surface area contributed by atoms with Crippen LogP contribution < -0.4 is 4.80 Å². The SMILES string of the molecule is CC(=Nn1c(-c2ccc([N+](=O)[O-])cc2)csc1=Nc1cc(C)ccc1C)c1cccnc1. The molecule has 0 bridgehead atoms. The van der Waals surface area contributed by atoms with E-state index in [0.717, 1.165) is 39.3 Å². The standard InChI is InChI=1S/C24H21N5O2S/c1-16-6-7-17(2)22(13-16)26-24-28(27-18(3)20-5-4-12-25-14-20)23(15-32-24)19-8-10-21(11-9-19)29(30)31/h4-15H,1-3H3. The van der Waals surface area contributed by atoms with Crippen LogP contribution in [0.1, 0.15) is 23.6 Å². The largest absolute Gasteiger partial charge is 0.269 e. The van der Waals surface area contributed by atoms with Gasteiger partial charge in [-0.3, -0.25) is 15.1 Å². The molecule has 32 heavy (non-hydrogen) atoms. The summed E-state index contributed by atoms with van der Waals surface area (Å²) in [6.45, 7) is 5.98. The number of aromatic nitrogens is 2. The van der Waals surface area contributed by atoms with Crippen LogP contribution in [0.4, 0.5) is 11.4 Å². The van der Waals surface area contributed by atoms with Crippen LogP contribution in [0.25, 0.3) is 11.3 Å². The predicted octanol–water partition coefficient (Wildman–Crippen LogP) is 5.64. The van der Waals surface area contributed by atoms with Crippen molar-refractivity contribution in [1.29, 1.82) is 0 Å². The number of nitro groups is 1. The molecule has 0 radical (unpaired) electrons. The van der Waals surface area contributed by atoms with E-state index in [1.54, 1.807) is 29.2 Å². The summed E-state index contributed by atoms with van der Waals surface area (Å²) < 4.78 is 1.79. The van der Waals surface area contributed by atoms with Gasteiger partial charge >= 0.3 is 0 Å². The van der Waals surface area contributed by atoms with E-state index in [1.165, 1.54) is 23.5 Å². The van der Waals surface area contributed by atoms with Crippen molar-refractivity contribution in [1.82, 2.24) is 9.66 Å². The number of rotatable bonds is 5. The molecule has 0 aliphatic carbocycles. The van der Waals surface area contributed by atoms with Crippen LogP contribution in [-0.2, 0) is 0 Å². The lowest BCUT2D eigenvalue weighted by Crippen LogP contribution is -2.14. The third-order valence-corrected chi connectivity index (χ3v) is 5.79. The van der Waals surface area contributed by atoms with Gasteiger partial charge in [0, 0.05) is 41.0 Å². The second kappa shape index (κ2) is 9.07. The third-order valence-electron chi connectivity index (χ3n) is 4.97. The Balaban J connectivity index is 1.90. The average molecular weight is 444 g/mol. The van der Waals surface area contributed by atoms with Gasteiger partial charge in [0.15, 0.2) is 0 Å². The minimum Gasteiger partial charge on any atom is -0.264 e. The Kier molecular flexibility index (Phi) is 6.04. The van der Waals surface area contributed by atoms with E-state index >= 15 is 0 Å². The molecule has 8 heteroatoms. The summed E-state index contributed by atoms with van der Waals surface area (Å²) in [5.74, 6) is 0. The number of aryl methyl sites for hydroxylation is 2. The van der Waals surface area contributed by atoms with Crippen molar-refractivity contribution < 1.29 is 4.92 Å². The Morgan fingerprint density at radius 1 is 1.12 bits per heavy atom. The van der Waals surface area contributed by atoms with Crippen LogP contribution in [0.15, 0.2) is 82.5 Å². The lowest BCUT2D eigenvalue weighted by molar-refractivity contribution is -0.384. The first-order chi connectivity index (χ1) is 15.4. The molecule has 2 heterocycles. The number of pyridine rings is 1. The highest BCUT2D eigenvalue weighted by Crippen LogP contribution is 2.25. The highest BCUT2D eigenvalue weighted by atomic mass is 32.1. The lowest BCUT2D eigenvalue weighted by Gasteiger charge is -2.07. The highest BCUT2D eigenvalue weighted by molar-refractivity contribution is 7.07. The number of benzene rings is 2. The summed E-state index contributed by atoms with van der Waals surface area (Å²) in [4.78, 5) is 20.4. The van der Waals surface area contributed by atoms with E-state index in [1.807, 2.05) is 50.4 Å². The van der Waals surface area contributed by atoms with Gasteiger partial charge in [-0.25, -0.2) is 9.67 Å². The van der Waals surface area contributed by atoms with Crippen LogP contribution in [-0.4, -0.2) is 20.3 Å². The third kappa shape index (κ3) is 4.55. The topological polar surface area (TPSA) is 85.7 Å². The molecular formula is C24H21N5O2S. The summed E-state index contributed by atoms with van der Waals surface area (Å²) >= 11 is 1.47. The summed E-state index contributed by atoms with van der Waals surface area (Å²) in [7, 11) is 0. The summed E-state index contributed by atoms with van der Waals surface area (Å²) in [6, 6.07) is 16.4. The van der Waals surface area contributed by atoms with Crippen molar-refractivity contribution >= 4 is 28.4 Å². The molecule has 160 valence electrons. The number of hydrogen-bond donors (Lipinski definition) is 0. The molecule has 2 aromatic carbocycles. The van der Waals surface area contributed by atoms with Crippen LogP contribution in [0.3, 0.4) is 0 Å². The quantitative estimate of drug-likeness (QED) is 0.227. The second-order valence-corrected chi connectivity index (χ2v) is 8.18. The minimum atomic E-state index is -0.405. The van der Waals surface area contributed by atoms with Gasteiger partial charge in [0.05, 0.1) is 22.0 Å². The first-order valence-electron chi connectivity index (χ1n) is 9.96. The summed E-state index contributed by atoms with van der Waals surface area (Å²) in [6.07, 6.45) is 3.48. The number of thiazole rings is 1. The number of non-ortho nitro benzene ring substituents is 1. The van der Waals surface area contributed by atoms with Crippen LogP contribution in [0.2, 0.25) is 0 Å². The van der Waals surface area contributed by atoms with Crippen LogP contribution in [0.5, 0.6) is 0 Å². The van der Waals surface area contributed by atoms with Gasteiger partial charge in [-0.2, -0.15) is 5.10 Å². The van der Waals surface area contributed by atoms with Gasteiger partial charge in [0.25, 0.3) is 5.69 Å². The first kappa shape index (κ1) is 21.3. The number of hydrogen-bond acceptors (Lipinski definition) is 6. The maximum Gasteiger partial charge on any atom is 0.269 e. The van der Waals surface area contributed by atoms with Gasteiger partial charge in [-0.05, 0) is 56.2 Å². The van der Waals surface area contributed by atoms with Crippen molar-refractivity contribution in [2.24, 2.45) is 10.1 Å². The molecule has 0 atom stereocenters. The van der Waals surface area contributed by atoms with E-state index in [2.05, 4.69) is 11.1 Å². The Morgan fingerprint density at radius 2 is 1.91 bits per heavy atom. The van der Waals surface area contributed by atoms with Crippen molar-refractivity contribution in [2.45, 2.75) is 20.8 Å². The Labute approximate surface area is 189 Å². The molecule has 0 saturated heterocycles. The van der Waals surface area contributed by atoms with E-state index < -0.39 is 4.92 Å². The number of nitro benzene ring substituents is 1. The van der Waals surface area contributed by atoms with Crippen molar-refractivity contribution in [2.75, 3.05) is 0 Å². The Hall–Kier alpha value is -3.91.